The summed E-state index contributed by atoms with van der Waals surface area (Å²) in [5.74, 6) is -0.584. The van der Waals surface area contributed by atoms with Crippen LogP contribution in [0.2, 0.25) is 0 Å². The largest absolute Gasteiger partial charge is 0.326 e. The number of aryl methyl sites for hydroxylation is 1. The van der Waals surface area contributed by atoms with Gasteiger partial charge in [-0.3, -0.25) is 4.79 Å². The third kappa shape index (κ3) is 4.89. The summed E-state index contributed by atoms with van der Waals surface area (Å²) in [5, 5.41) is 2.70. The number of hydrogen-bond acceptors (Lipinski definition) is 3. The molecule has 5 nitrogen and oxygen atoms in total. The number of amides is 1. The number of anilines is 1. The monoisotopic (exact) mass is 378 g/mol. The molecule has 0 aliphatic heterocycles. The minimum atomic E-state index is -3.52. The Morgan fingerprint density at radius 1 is 1.04 bits per heavy atom. The minimum absolute atomic E-state index is 0.139. The molecule has 0 aliphatic carbocycles. The molecule has 0 radical (unpaired) electrons. The molecule has 0 saturated heterocycles. The van der Waals surface area contributed by atoms with E-state index in [0.717, 1.165) is 0 Å². The third-order valence-electron chi connectivity index (χ3n) is 4.06. The normalized spacial score (nSPS) is 11.5. The summed E-state index contributed by atoms with van der Waals surface area (Å²) in [7, 11) is -3.52. The molecule has 0 atom stereocenters. The van der Waals surface area contributed by atoms with Crippen LogP contribution in [-0.4, -0.2) is 31.7 Å². The van der Waals surface area contributed by atoms with Crippen molar-refractivity contribution in [3.05, 3.63) is 59.9 Å². The molecular weight excluding hydrogens is 355 g/mol. The average molecular weight is 378 g/mol. The summed E-state index contributed by atoms with van der Waals surface area (Å²) in [6.07, 6.45) is 0.438. The van der Waals surface area contributed by atoms with E-state index in [2.05, 4.69) is 5.32 Å². The maximum absolute atomic E-state index is 13.6. The van der Waals surface area contributed by atoms with Crippen LogP contribution in [-0.2, 0) is 21.2 Å². The minimum Gasteiger partial charge on any atom is -0.326 e. The SMILES string of the molecule is CCN(CC)S(=O)(=O)c1ccc(NC(=O)CCc2ccccc2F)cc1. The third-order valence-corrected chi connectivity index (χ3v) is 6.12. The van der Waals surface area contributed by atoms with Gasteiger partial charge in [0.1, 0.15) is 5.82 Å². The lowest BCUT2D eigenvalue weighted by atomic mass is 10.1. The summed E-state index contributed by atoms with van der Waals surface area (Å²) in [6, 6.07) is 12.4. The fraction of sp³-hybridized carbons (Fsp3) is 0.316. The van der Waals surface area contributed by atoms with Crippen LogP contribution in [0.5, 0.6) is 0 Å². The van der Waals surface area contributed by atoms with Gasteiger partial charge < -0.3 is 5.32 Å². The van der Waals surface area contributed by atoms with Gasteiger partial charge in [-0.15, -0.1) is 0 Å². The molecule has 7 heteroatoms. The molecule has 2 aromatic rings. The van der Waals surface area contributed by atoms with Crippen molar-refractivity contribution < 1.29 is 17.6 Å². The summed E-state index contributed by atoms with van der Waals surface area (Å²) in [5.41, 5.74) is 0.991. The van der Waals surface area contributed by atoms with Gasteiger partial charge in [-0.05, 0) is 42.3 Å². The molecule has 0 aromatic heterocycles. The molecule has 1 N–H and O–H groups in total. The quantitative estimate of drug-likeness (QED) is 0.765. The Morgan fingerprint density at radius 2 is 1.65 bits per heavy atom. The average Bonchev–Trinajstić information content (AvgIpc) is 2.62. The number of nitrogens with zero attached hydrogens (tertiary/aromatic N) is 1. The number of hydrogen-bond donors (Lipinski definition) is 1. The molecule has 26 heavy (non-hydrogen) atoms. The fourth-order valence-corrected chi connectivity index (χ4v) is 4.05. The molecule has 0 bridgehead atoms. The second kappa shape index (κ2) is 8.91. The molecule has 1 amide bonds. The summed E-state index contributed by atoms with van der Waals surface area (Å²) < 4.78 is 39.8. The van der Waals surface area contributed by atoms with Gasteiger partial charge in [-0.2, -0.15) is 4.31 Å². The van der Waals surface area contributed by atoms with Crippen LogP contribution in [0.3, 0.4) is 0 Å². The van der Waals surface area contributed by atoms with Gasteiger partial charge in [0.25, 0.3) is 0 Å². The van der Waals surface area contributed by atoms with Gasteiger partial charge in [0, 0.05) is 25.2 Å². The van der Waals surface area contributed by atoms with Crippen molar-refractivity contribution in [3.8, 4) is 0 Å². The summed E-state index contributed by atoms with van der Waals surface area (Å²) >= 11 is 0. The van der Waals surface area contributed by atoms with Crippen molar-refractivity contribution >= 4 is 21.6 Å². The Hall–Kier alpha value is -2.25. The van der Waals surface area contributed by atoms with Crippen LogP contribution in [0.25, 0.3) is 0 Å². The van der Waals surface area contributed by atoms with E-state index in [9.17, 15) is 17.6 Å². The van der Waals surface area contributed by atoms with E-state index in [-0.39, 0.29) is 23.0 Å². The van der Waals surface area contributed by atoms with Gasteiger partial charge >= 0.3 is 0 Å². The Labute approximate surface area is 153 Å². The van der Waals surface area contributed by atoms with E-state index in [0.29, 0.717) is 30.8 Å². The topological polar surface area (TPSA) is 66.5 Å². The number of carbonyl (C=O) groups is 1. The highest BCUT2D eigenvalue weighted by atomic mass is 32.2. The predicted octanol–water partition coefficient (Wildman–Crippen LogP) is 3.43. The maximum Gasteiger partial charge on any atom is 0.243 e. The lowest BCUT2D eigenvalue weighted by Gasteiger charge is -2.18. The second-order valence-corrected chi connectivity index (χ2v) is 7.69. The van der Waals surface area contributed by atoms with Crippen LogP contribution in [0.4, 0.5) is 10.1 Å². The van der Waals surface area contributed by atoms with Crippen molar-refractivity contribution in [2.24, 2.45) is 0 Å². The molecule has 0 saturated carbocycles. The molecule has 0 unspecified atom stereocenters. The van der Waals surface area contributed by atoms with Gasteiger partial charge in [-0.25, -0.2) is 12.8 Å². The molecule has 0 spiro atoms. The smallest absolute Gasteiger partial charge is 0.243 e. The fourth-order valence-electron chi connectivity index (χ4n) is 2.60. The first-order chi connectivity index (χ1) is 12.4. The van der Waals surface area contributed by atoms with Gasteiger partial charge in [0.05, 0.1) is 4.90 Å². The van der Waals surface area contributed by atoms with E-state index in [4.69, 9.17) is 0 Å². The molecule has 0 aliphatic rings. The molecule has 2 rings (SSSR count). The van der Waals surface area contributed by atoms with Crippen molar-refractivity contribution in [3.63, 3.8) is 0 Å². The zero-order valence-corrected chi connectivity index (χ0v) is 15.7. The number of sulfonamides is 1. The number of rotatable bonds is 8. The molecule has 0 heterocycles. The van der Waals surface area contributed by atoms with Crippen molar-refractivity contribution in [1.29, 1.82) is 0 Å². The first kappa shape index (κ1) is 20.1. The zero-order valence-electron chi connectivity index (χ0n) is 14.9. The van der Waals surface area contributed by atoms with Gasteiger partial charge in [-0.1, -0.05) is 32.0 Å². The summed E-state index contributed by atoms with van der Waals surface area (Å²) in [6.45, 7) is 4.36. The first-order valence-electron chi connectivity index (χ1n) is 8.52. The van der Waals surface area contributed by atoms with Crippen molar-refractivity contribution in [2.45, 2.75) is 31.6 Å². The van der Waals surface area contributed by atoms with Crippen molar-refractivity contribution in [1.82, 2.24) is 4.31 Å². The Bertz CT molecular complexity index is 847. The lowest BCUT2D eigenvalue weighted by Crippen LogP contribution is -2.30. The lowest BCUT2D eigenvalue weighted by molar-refractivity contribution is -0.116. The highest BCUT2D eigenvalue weighted by molar-refractivity contribution is 7.89. The zero-order chi connectivity index (χ0) is 19.2. The van der Waals surface area contributed by atoms with Crippen molar-refractivity contribution in [2.75, 3.05) is 18.4 Å². The van der Waals surface area contributed by atoms with Crippen LogP contribution in [0, 0.1) is 5.82 Å². The van der Waals surface area contributed by atoms with E-state index in [1.165, 1.54) is 22.5 Å². The highest BCUT2D eigenvalue weighted by Crippen LogP contribution is 2.18. The van der Waals surface area contributed by atoms with Crippen LogP contribution in [0.1, 0.15) is 25.8 Å². The Balaban J connectivity index is 1.98. The van der Waals surface area contributed by atoms with E-state index in [1.54, 1.807) is 44.2 Å². The Morgan fingerprint density at radius 3 is 2.23 bits per heavy atom. The van der Waals surface area contributed by atoms with Gasteiger partial charge in [0.15, 0.2) is 0 Å². The van der Waals surface area contributed by atoms with Crippen LogP contribution in [0.15, 0.2) is 53.4 Å². The van der Waals surface area contributed by atoms with Crippen LogP contribution < -0.4 is 5.32 Å². The second-order valence-electron chi connectivity index (χ2n) is 5.75. The first-order valence-corrected chi connectivity index (χ1v) is 9.96. The number of nitrogens with one attached hydrogen (secondary N) is 1. The predicted molar refractivity (Wildman–Crippen MR) is 99.9 cm³/mol. The maximum atomic E-state index is 13.6. The number of halogens is 1. The molecular formula is C19H23FN2O3S. The van der Waals surface area contributed by atoms with E-state index >= 15 is 0 Å². The van der Waals surface area contributed by atoms with E-state index < -0.39 is 10.0 Å². The standard InChI is InChI=1S/C19H23FN2O3S/c1-3-22(4-2)26(24,25)17-12-10-16(11-13-17)21-19(23)14-9-15-7-5-6-8-18(15)20/h5-8,10-13H,3-4,9,14H2,1-2H3,(H,21,23). The molecule has 0 fully saturated rings. The Kier molecular flexibility index (Phi) is 6.88. The van der Waals surface area contributed by atoms with Crippen LogP contribution >= 0.6 is 0 Å². The highest BCUT2D eigenvalue weighted by Gasteiger charge is 2.21. The number of benzene rings is 2. The number of carbonyl (C=O) groups excluding carboxylic acids is 1. The van der Waals surface area contributed by atoms with E-state index in [1.807, 2.05) is 0 Å². The molecule has 140 valence electrons. The molecule has 2 aromatic carbocycles. The summed E-state index contributed by atoms with van der Waals surface area (Å²) in [4.78, 5) is 12.2. The van der Waals surface area contributed by atoms with Gasteiger partial charge in [0.2, 0.25) is 15.9 Å².